The predicted octanol–water partition coefficient (Wildman–Crippen LogP) is 0.808. The molecule has 0 saturated heterocycles. The molecule has 0 atom stereocenters. The monoisotopic (exact) mass is 261 g/mol. The zero-order valence-electron chi connectivity index (χ0n) is 11.1. The topological polar surface area (TPSA) is 75.2 Å². The number of hydrogen-bond acceptors (Lipinski definition) is 3. The molecule has 0 aliphatic carbocycles. The molecule has 100 valence electrons. The molecule has 19 heavy (non-hydrogen) atoms. The van der Waals surface area contributed by atoms with Crippen molar-refractivity contribution < 1.29 is 9.59 Å². The standard InChI is InChI=1S/C13H15N3O3/c1-8(17)6-12(18)15(2)9-4-5-10-11(7-9)16(3)13(19)14-10/h4-5,7H,6H2,1-3H3,(H,14,19). The molecule has 0 bridgehead atoms. The van der Waals surface area contributed by atoms with Gasteiger partial charge in [0.25, 0.3) is 0 Å². The lowest BCUT2D eigenvalue weighted by atomic mass is 10.2. The lowest BCUT2D eigenvalue weighted by Crippen LogP contribution is -2.27. The summed E-state index contributed by atoms with van der Waals surface area (Å²) >= 11 is 0. The number of benzene rings is 1. The number of nitrogens with one attached hydrogen (secondary N) is 1. The first-order chi connectivity index (χ1) is 8.90. The number of hydrogen-bond donors (Lipinski definition) is 1. The Labute approximate surface area is 109 Å². The molecule has 1 aromatic carbocycles. The van der Waals surface area contributed by atoms with Gasteiger partial charge in [0.2, 0.25) is 5.91 Å². The van der Waals surface area contributed by atoms with Crippen LogP contribution >= 0.6 is 0 Å². The van der Waals surface area contributed by atoms with Gasteiger partial charge in [-0.05, 0) is 25.1 Å². The molecule has 1 heterocycles. The molecular weight excluding hydrogens is 246 g/mol. The lowest BCUT2D eigenvalue weighted by Gasteiger charge is -2.16. The summed E-state index contributed by atoms with van der Waals surface area (Å²) in [6, 6.07) is 5.21. The number of rotatable bonds is 3. The summed E-state index contributed by atoms with van der Waals surface area (Å²) in [5.74, 6) is -0.445. The fraction of sp³-hybridized carbons (Fsp3) is 0.308. The number of amides is 1. The molecule has 1 N–H and O–H groups in total. The first-order valence-electron chi connectivity index (χ1n) is 5.85. The number of carbonyl (C=O) groups is 2. The Morgan fingerprint density at radius 2 is 2.05 bits per heavy atom. The van der Waals surface area contributed by atoms with Gasteiger partial charge in [0, 0.05) is 19.8 Å². The van der Waals surface area contributed by atoms with Crippen LogP contribution in [0.2, 0.25) is 0 Å². The van der Waals surface area contributed by atoms with Crippen molar-refractivity contribution >= 4 is 28.4 Å². The molecule has 1 amide bonds. The van der Waals surface area contributed by atoms with Crippen molar-refractivity contribution in [2.45, 2.75) is 13.3 Å². The average Bonchev–Trinajstić information content (AvgIpc) is 2.63. The van der Waals surface area contributed by atoms with Gasteiger partial charge >= 0.3 is 5.69 Å². The summed E-state index contributed by atoms with van der Waals surface area (Å²) in [7, 11) is 3.26. The largest absolute Gasteiger partial charge is 0.326 e. The summed E-state index contributed by atoms with van der Waals surface area (Å²) in [5, 5.41) is 0. The van der Waals surface area contributed by atoms with Crippen LogP contribution in [-0.2, 0) is 16.6 Å². The molecular formula is C13H15N3O3. The molecule has 2 rings (SSSR count). The van der Waals surface area contributed by atoms with Gasteiger partial charge in [0.15, 0.2) is 0 Å². The first-order valence-corrected chi connectivity index (χ1v) is 5.85. The maximum Gasteiger partial charge on any atom is 0.326 e. The van der Waals surface area contributed by atoms with E-state index in [0.717, 1.165) is 0 Å². The van der Waals surface area contributed by atoms with Gasteiger partial charge in [-0.1, -0.05) is 0 Å². The van der Waals surface area contributed by atoms with Crippen LogP contribution in [0, 0.1) is 0 Å². The molecule has 6 heteroatoms. The van der Waals surface area contributed by atoms with E-state index in [-0.39, 0.29) is 23.8 Å². The Morgan fingerprint density at radius 3 is 2.68 bits per heavy atom. The Bertz CT molecular complexity index is 711. The summed E-state index contributed by atoms with van der Waals surface area (Å²) in [5.41, 5.74) is 1.87. The zero-order chi connectivity index (χ0) is 14.2. The van der Waals surface area contributed by atoms with Gasteiger partial charge in [0.1, 0.15) is 5.78 Å². The van der Waals surface area contributed by atoms with Crippen LogP contribution in [0.4, 0.5) is 5.69 Å². The maximum absolute atomic E-state index is 11.8. The lowest BCUT2D eigenvalue weighted by molar-refractivity contribution is -0.125. The van der Waals surface area contributed by atoms with E-state index in [0.29, 0.717) is 16.7 Å². The number of ketones is 1. The smallest absolute Gasteiger partial charge is 0.315 e. The Morgan fingerprint density at radius 1 is 1.37 bits per heavy atom. The molecule has 0 unspecified atom stereocenters. The van der Waals surface area contributed by atoms with Gasteiger partial charge in [0.05, 0.1) is 17.5 Å². The molecule has 1 aromatic heterocycles. The number of aryl methyl sites for hydroxylation is 1. The first kappa shape index (κ1) is 13.1. The highest BCUT2D eigenvalue weighted by atomic mass is 16.2. The molecule has 0 spiro atoms. The molecule has 0 aliphatic rings. The van der Waals surface area contributed by atoms with Gasteiger partial charge in [-0.15, -0.1) is 0 Å². The highest BCUT2D eigenvalue weighted by Gasteiger charge is 2.14. The van der Waals surface area contributed by atoms with Crippen molar-refractivity contribution in [2.24, 2.45) is 7.05 Å². The predicted molar refractivity (Wildman–Crippen MR) is 72.2 cm³/mol. The third kappa shape index (κ3) is 2.42. The Kier molecular flexibility index (Phi) is 3.25. The second-order valence-electron chi connectivity index (χ2n) is 4.52. The van der Waals surface area contributed by atoms with Crippen molar-refractivity contribution in [1.29, 1.82) is 0 Å². The summed E-state index contributed by atoms with van der Waals surface area (Å²) in [6.45, 7) is 1.38. The van der Waals surface area contributed by atoms with Crippen LogP contribution in [-0.4, -0.2) is 28.3 Å². The minimum absolute atomic E-state index is 0.124. The van der Waals surface area contributed by atoms with Crippen molar-refractivity contribution in [3.8, 4) is 0 Å². The van der Waals surface area contributed by atoms with Crippen LogP contribution in [0.1, 0.15) is 13.3 Å². The molecule has 0 saturated carbocycles. The molecule has 2 aromatic rings. The fourth-order valence-electron chi connectivity index (χ4n) is 1.90. The van der Waals surface area contributed by atoms with Crippen molar-refractivity contribution in [3.63, 3.8) is 0 Å². The van der Waals surface area contributed by atoms with E-state index < -0.39 is 0 Å². The summed E-state index contributed by atoms with van der Waals surface area (Å²) in [4.78, 5) is 38.4. The van der Waals surface area contributed by atoms with Gasteiger partial charge in [-0.3, -0.25) is 14.2 Å². The number of anilines is 1. The summed E-state index contributed by atoms with van der Waals surface area (Å²) < 4.78 is 1.47. The minimum atomic E-state index is -0.271. The van der Waals surface area contributed by atoms with E-state index >= 15 is 0 Å². The maximum atomic E-state index is 11.8. The Balaban J connectivity index is 2.40. The van der Waals surface area contributed by atoms with Crippen LogP contribution in [0.5, 0.6) is 0 Å². The van der Waals surface area contributed by atoms with Crippen LogP contribution in [0.25, 0.3) is 11.0 Å². The second-order valence-corrected chi connectivity index (χ2v) is 4.52. The van der Waals surface area contributed by atoms with E-state index in [2.05, 4.69) is 4.98 Å². The number of nitrogens with zero attached hydrogens (tertiary/aromatic N) is 2. The normalized spacial score (nSPS) is 10.7. The number of H-pyrrole nitrogens is 1. The summed E-state index contributed by atoms with van der Waals surface area (Å²) in [6.07, 6.45) is -0.124. The van der Waals surface area contributed by atoms with Gasteiger partial charge in [-0.2, -0.15) is 0 Å². The number of imidazole rings is 1. The van der Waals surface area contributed by atoms with Crippen molar-refractivity contribution in [3.05, 3.63) is 28.7 Å². The van der Waals surface area contributed by atoms with Crippen LogP contribution in [0.3, 0.4) is 0 Å². The number of carbonyl (C=O) groups excluding carboxylic acids is 2. The third-order valence-corrected chi connectivity index (χ3v) is 3.05. The van der Waals surface area contributed by atoms with E-state index in [4.69, 9.17) is 0 Å². The van der Waals surface area contributed by atoms with Crippen molar-refractivity contribution in [1.82, 2.24) is 9.55 Å². The minimum Gasteiger partial charge on any atom is -0.315 e. The van der Waals surface area contributed by atoms with E-state index in [9.17, 15) is 14.4 Å². The highest BCUT2D eigenvalue weighted by molar-refractivity contribution is 6.05. The number of aromatic amines is 1. The Hall–Kier alpha value is -2.37. The molecule has 6 nitrogen and oxygen atoms in total. The van der Waals surface area contributed by atoms with Crippen LogP contribution < -0.4 is 10.6 Å². The second kappa shape index (κ2) is 4.72. The third-order valence-electron chi connectivity index (χ3n) is 3.05. The van der Waals surface area contributed by atoms with Gasteiger partial charge < -0.3 is 9.88 Å². The quantitative estimate of drug-likeness (QED) is 0.831. The average molecular weight is 261 g/mol. The van der Waals surface area contributed by atoms with Crippen molar-refractivity contribution in [2.75, 3.05) is 11.9 Å². The van der Waals surface area contributed by atoms with E-state index in [1.165, 1.54) is 16.4 Å². The van der Waals surface area contributed by atoms with E-state index in [1.807, 2.05) is 0 Å². The van der Waals surface area contributed by atoms with Crippen LogP contribution in [0.15, 0.2) is 23.0 Å². The fourth-order valence-corrected chi connectivity index (χ4v) is 1.90. The molecule has 0 aliphatic heterocycles. The number of aromatic nitrogens is 2. The highest BCUT2D eigenvalue weighted by Crippen LogP contribution is 2.19. The molecule has 0 radical (unpaired) electrons. The van der Waals surface area contributed by atoms with Gasteiger partial charge in [-0.25, -0.2) is 4.79 Å². The number of Topliss-reactive ketones (excluding diaryl/α,β-unsaturated/α-hetero) is 1. The molecule has 0 fully saturated rings. The SMILES string of the molecule is CC(=O)CC(=O)N(C)c1ccc2[nH]c(=O)n(C)c2c1. The zero-order valence-corrected chi connectivity index (χ0v) is 11.1. The van der Waals surface area contributed by atoms with E-state index in [1.54, 1.807) is 32.3 Å². The number of fused-ring (bicyclic) bond motifs is 1.